The molecule has 1 unspecified atom stereocenters. The van der Waals surface area contributed by atoms with Crippen LogP contribution in [0.4, 0.5) is 0 Å². The number of nitrogens with two attached hydrogens (primary N) is 1. The average molecular weight is 272 g/mol. The highest BCUT2D eigenvalue weighted by Gasteiger charge is 2.21. The van der Waals surface area contributed by atoms with Gasteiger partial charge in [-0.15, -0.1) is 0 Å². The van der Waals surface area contributed by atoms with Crippen molar-refractivity contribution in [2.24, 2.45) is 5.73 Å². The van der Waals surface area contributed by atoms with E-state index in [2.05, 4.69) is 9.88 Å². The lowest BCUT2D eigenvalue weighted by Gasteiger charge is -2.34. The zero-order chi connectivity index (χ0) is 13.9. The lowest BCUT2D eigenvalue weighted by atomic mass is 10.0. The van der Waals surface area contributed by atoms with E-state index in [1.807, 2.05) is 18.2 Å². The number of piperidine rings is 1. The summed E-state index contributed by atoms with van der Waals surface area (Å²) in [5.74, 6) is 0. The molecule has 1 aliphatic rings. The molecule has 0 bridgehead atoms. The summed E-state index contributed by atoms with van der Waals surface area (Å²) in [5.41, 5.74) is 7.36. The van der Waals surface area contributed by atoms with Gasteiger partial charge in [-0.2, -0.15) is 0 Å². The fourth-order valence-corrected chi connectivity index (χ4v) is 2.93. The highest BCUT2D eigenvalue weighted by atomic mass is 16.1. The molecule has 0 spiro atoms. The van der Waals surface area contributed by atoms with Crippen LogP contribution in [0.5, 0.6) is 0 Å². The molecule has 0 saturated carbocycles. The normalized spacial score (nSPS) is 20.4. The molecule has 2 aromatic rings. The monoisotopic (exact) mass is 272 g/mol. The smallest absolute Gasteiger partial charge is 0.258 e. The van der Waals surface area contributed by atoms with Crippen LogP contribution in [0.2, 0.25) is 0 Å². The van der Waals surface area contributed by atoms with Crippen molar-refractivity contribution in [1.82, 2.24) is 14.3 Å². The summed E-state index contributed by atoms with van der Waals surface area (Å²) >= 11 is 0. The third kappa shape index (κ3) is 2.59. The molecule has 2 N–H and O–H groups in total. The van der Waals surface area contributed by atoms with E-state index in [0.717, 1.165) is 18.7 Å². The Kier molecular flexibility index (Phi) is 3.80. The van der Waals surface area contributed by atoms with Crippen LogP contribution in [-0.4, -0.2) is 33.4 Å². The first-order valence-corrected chi connectivity index (χ1v) is 7.19. The summed E-state index contributed by atoms with van der Waals surface area (Å²) in [6, 6.07) is 7.65. The van der Waals surface area contributed by atoms with E-state index in [1.165, 1.54) is 12.8 Å². The van der Waals surface area contributed by atoms with E-state index in [4.69, 9.17) is 5.73 Å². The van der Waals surface area contributed by atoms with Gasteiger partial charge in [0.25, 0.3) is 5.56 Å². The number of nitrogens with zero attached hydrogens (tertiary/aromatic N) is 3. The molecule has 3 rings (SSSR count). The fourth-order valence-electron chi connectivity index (χ4n) is 2.93. The summed E-state index contributed by atoms with van der Waals surface area (Å²) in [6.07, 6.45) is 5.33. The molecule has 0 radical (unpaired) electrons. The summed E-state index contributed by atoms with van der Waals surface area (Å²) < 4.78 is 1.57. The van der Waals surface area contributed by atoms with Crippen LogP contribution < -0.4 is 11.3 Å². The number of hydrogen-bond acceptors (Lipinski definition) is 4. The Labute approximate surface area is 118 Å². The largest absolute Gasteiger partial charge is 0.329 e. The van der Waals surface area contributed by atoms with Crippen molar-refractivity contribution in [3.8, 4) is 0 Å². The van der Waals surface area contributed by atoms with Gasteiger partial charge in [0.15, 0.2) is 0 Å². The molecular weight excluding hydrogens is 252 g/mol. The predicted octanol–water partition coefficient (Wildman–Crippen LogP) is 1.01. The van der Waals surface area contributed by atoms with Gasteiger partial charge in [0.2, 0.25) is 0 Å². The van der Waals surface area contributed by atoms with Crippen LogP contribution in [-0.2, 0) is 6.54 Å². The van der Waals surface area contributed by atoms with Gasteiger partial charge in [0.1, 0.15) is 5.65 Å². The van der Waals surface area contributed by atoms with Crippen molar-refractivity contribution in [3.05, 3.63) is 46.5 Å². The van der Waals surface area contributed by atoms with Crippen LogP contribution in [0.25, 0.3) is 5.65 Å². The summed E-state index contributed by atoms with van der Waals surface area (Å²) in [4.78, 5) is 19.0. The topological polar surface area (TPSA) is 63.6 Å². The van der Waals surface area contributed by atoms with E-state index in [0.29, 0.717) is 24.8 Å². The van der Waals surface area contributed by atoms with E-state index in [-0.39, 0.29) is 5.56 Å². The molecule has 1 atom stereocenters. The van der Waals surface area contributed by atoms with Crippen molar-refractivity contribution < 1.29 is 0 Å². The van der Waals surface area contributed by atoms with Gasteiger partial charge in [0.05, 0.1) is 5.69 Å². The third-order valence-electron chi connectivity index (χ3n) is 4.01. The molecule has 3 heterocycles. The van der Waals surface area contributed by atoms with Gasteiger partial charge in [-0.3, -0.25) is 14.1 Å². The van der Waals surface area contributed by atoms with Crippen molar-refractivity contribution in [1.29, 1.82) is 0 Å². The van der Waals surface area contributed by atoms with Crippen molar-refractivity contribution >= 4 is 5.65 Å². The number of hydrogen-bond donors (Lipinski definition) is 1. The molecule has 1 saturated heterocycles. The summed E-state index contributed by atoms with van der Waals surface area (Å²) in [6.45, 7) is 2.42. The fraction of sp³-hybridized carbons (Fsp3) is 0.467. The lowest BCUT2D eigenvalue weighted by Crippen LogP contribution is -2.43. The number of rotatable bonds is 3. The molecule has 2 aromatic heterocycles. The van der Waals surface area contributed by atoms with E-state index < -0.39 is 0 Å². The Morgan fingerprint density at radius 2 is 2.25 bits per heavy atom. The first-order valence-electron chi connectivity index (χ1n) is 7.19. The highest BCUT2D eigenvalue weighted by molar-refractivity contribution is 5.37. The zero-order valence-corrected chi connectivity index (χ0v) is 11.5. The molecule has 106 valence electrons. The maximum Gasteiger partial charge on any atom is 0.258 e. The SMILES string of the molecule is NCC1CCCCN1Cc1cc(=O)n2ccccc2n1. The molecule has 5 nitrogen and oxygen atoms in total. The Balaban J connectivity index is 1.88. The molecule has 1 fully saturated rings. The minimum atomic E-state index is -0.0214. The Hall–Kier alpha value is -1.72. The van der Waals surface area contributed by atoms with Crippen molar-refractivity contribution in [2.45, 2.75) is 31.8 Å². The van der Waals surface area contributed by atoms with E-state index in [1.54, 1.807) is 16.7 Å². The molecule has 0 aliphatic carbocycles. The Bertz CT molecular complexity index is 652. The lowest BCUT2D eigenvalue weighted by molar-refractivity contribution is 0.143. The Morgan fingerprint density at radius 1 is 1.35 bits per heavy atom. The minimum Gasteiger partial charge on any atom is -0.329 e. The van der Waals surface area contributed by atoms with Crippen LogP contribution in [0.3, 0.4) is 0 Å². The molecule has 0 amide bonds. The van der Waals surface area contributed by atoms with Crippen molar-refractivity contribution in [2.75, 3.05) is 13.1 Å². The highest BCUT2D eigenvalue weighted by Crippen LogP contribution is 2.18. The number of aromatic nitrogens is 2. The van der Waals surface area contributed by atoms with E-state index >= 15 is 0 Å². The van der Waals surface area contributed by atoms with Gasteiger partial charge >= 0.3 is 0 Å². The predicted molar refractivity (Wildman–Crippen MR) is 78.6 cm³/mol. The first-order chi connectivity index (χ1) is 9.78. The van der Waals surface area contributed by atoms with Gasteiger partial charge in [-0.05, 0) is 31.5 Å². The summed E-state index contributed by atoms with van der Waals surface area (Å²) in [5, 5.41) is 0. The minimum absolute atomic E-state index is 0.0214. The van der Waals surface area contributed by atoms with Gasteiger partial charge in [0, 0.05) is 31.4 Å². The van der Waals surface area contributed by atoms with Gasteiger partial charge in [-0.1, -0.05) is 12.5 Å². The zero-order valence-electron chi connectivity index (χ0n) is 11.5. The average Bonchev–Trinajstić information content (AvgIpc) is 2.48. The standard InChI is InChI=1S/C15H20N4O/c16-10-13-5-1-3-7-18(13)11-12-9-15(20)19-8-4-2-6-14(19)17-12/h2,4,6,8-9,13H,1,3,5,7,10-11,16H2. The molecule has 0 aromatic carbocycles. The second kappa shape index (κ2) is 5.73. The van der Waals surface area contributed by atoms with Crippen LogP contribution in [0, 0.1) is 0 Å². The number of fused-ring (bicyclic) bond motifs is 1. The molecule has 5 heteroatoms. The molecule has 20 heavy (non-hydrogen) atoms. The number of likely N-dealkylation sites (tertiary alicyclic amines) is 1. The maximum absolute atomic E-state index is 12.1. The first kappa shape index (κ1) is 13.3. The van der Waals surface area contributed by atoms with Gasteiger partial charge in [-0.25, -0.2) is 4.98 Å². The third-order valence-corrected chi connectivity index (χ3v) is 4.01. The second-order valence-electron chi connectivity index (χ2n) is 5.37. The second-order valence-corrected chi connectivity index (χ2v) is 5.37. The van der Waals surface area contributed by atoms with Gasteiger partial charge < -0.3 is 5.73 Å². The number of pyridine rings is 1. The molecular formula is C15H20N4O. The van der Waals surface area contributed by atoms with Crippen molar-refractivity contribution in [3.63, 3.8) is 0 Å². The van der Waals surface area contributed by atoms with Crippen LogP contribution >= 0.6 is 0 Å². The summed E-state index contributed by atoms with van der Waals surface area (Å²) in [7, 11) is 0. The Morgan fingerprint density at radius 3 is 3.10 bits per heavy atom. The quantitative estimate of drug-likeness (QED) is 0.905. The van der Waals surface area contributed by atoms with Crippen LogP contribution in [0.1, 0.15) is 25.0 Å². The van der Waals surface area contributed by atoms with Crippen LogP contribution in [0.15, 0.2) is 35.3 Å². The molecule has 1 aliphatic heterocycles. The van der Waals surface area contributed by atoms with E-state index in [9.17, 15) is 4.79 Å². The maximum atomic E-state index is 12.1.